The minimum absolute atomic E-state index is 0.281. The minimum Gasteiger partial charge on any atom is -0.315 e. The van der Waals surface area contributed by atoms with E-state index in [1.807, 2.05) is 13.8 Å². The maximum absolute atomic E-state index is 8.93. The van der Waals surface area contributed by atoms with E-state index in [1.54, 1.807) is 11.3 Å². The lowest BCUT2D eigenvalue weighted by Crippen LogP contribution is -2.29. The summed E-state index contributed by atoms with van der Waals surface area (Å²) in [4.78, 5) is 0. The van der Waals surface area contributed by atoms with Crippen LogP contribution in [0.4, 0.5) is 0 Å². The van der Waals surface area contributed by atoms with Gasteiger partial charge in [0, 0.05) is 11.2 Å². The summed E-state index contributed by atoms with van der Waals surface area (Å²) in [6.45, 7) is 5.58. The van der Waals surface area contributed by atoms with E-state index in [-0.39, 0.29) is 5.41 Å². The Morgan fingerprint density at radius 1 is 1.33 bits per heavy atom. The van der Waals surface area contributed by atoms with Crippen LogP contribution in [0.5, 0.6) is 0 Å². The van der Waals surface area contributed by atoms with Crippen molar-refractivity contribution in [1.82, 2.24) is 5.32 Å². The van der Waals surface area contributed by atoms with Gasteiger partial charge < -0.3 is 5.32 Å². The molecule has 2 aromatic rings. The molecule has 1 N–H and O–H groups in total. The number of nitrogens with zero attached hydrogens (tertiary/aromatic N) is 1. The van der Waals surface area contributed by atoms with Crippen molar-refractivity contribution in [3.63, 3.8) is 0 Å². The molecule has 0 bridgehead atoms. The Morgan fingerprint density at radius 3 is 2.89 bits per heavy atom. The van der Waals surface area contributed by atoms with Gasteiger partial charge in [-0.2, -0.15) is 5.26 Å². The van der Waals surface area contributed by atoms with E-state index in [2.05, 4.69) is 41.0 Å². The molecule has 0 unspecified atom stereocenters. The summed E-state index contributed by atoms with van der Waals surface area (Å²) >= 11 is 1.80. The van der Waals surface area contributed by atoms with Gasteiger partial charge in [0.25, 0.3) is 0 Å². The van der Waals surface area contributed by atoms with Gasteiger partial charge in [-0.1, -0.05) is 18.2 Å². The zero-order valence-corrected chi connectivity index (χ0v) is 11.7. The molecule has 3 heteroatoms. The molecule has 94 valence electrons. The highest BCUT2D eigenvalue weighted by Gasteiger charge is 2.15. The summed E-state index contributed by atoms with van der Waals surface area (Å²) < 4.78 is 1.35. The fourth-order valence-corrected chi connectivity index (χ4v) is 2.89. The molecular weight excluding hydrogens is 240 g/mol. The van der Waals surface area contributed by atoms with Gasteiger partial charge in [-0.3, -0.25) is 0 Å². The van der Waals surface area contributed by atoms with Crippen LogP contribution in [0.3, 0.4) is 0 Å². The molecule has 1 aromatic carbocycles. The molecule has 0 aliphatic heterocycles. The number of fused-ring (bicyclic) bond motifs is 1. The first kappa shape index (κ1) is 13.1. The Kier molecular flexibility index (Phi) is 4.00. The predicted octanol–water partition coefficient (Wildman–Crippen LogP) is 3.58. The highest BCUT2D eigenvalue weighted by Crippen LogP contribution is 2.25. The highest BCUT2D eigenvalue weighted by atomic mass is 32.1. The van der Waals surface area contributed by atoms with Gasteiger partial charge in [0.15, 0.2) is 0 Å². The van der Waals surface area contributed by atoms with Crippen molar-refractivity contribution in [2.24, 2.45) is 5.41 Å². The lowest BCUT2D eigenvalue weighted by atomic mass is 9.96. The maximum atomic E-state index is 8.93. The van der Waals surface area contributed by atoms with Crippen molar-refractivity contribution >= 4 is 21.4 Å². The van der Waals surface area contributed by atoms with E-state index in [0.717, 1.165) is 19.5 Å². The zero-order valence-electron chi connectivity index (χ0n) is 10.9. The number of benzene rings is 1. The number of nitrogens with one attached hydrogen (secondary N) is 1. The van der Waals surface area contributed by atoms with Gasteiger partial charge in [0.1, 0.15) is 0 Å². The standard InChI is InChI=1S/C15H18N2S/c1-15(2,10-16)11-17-8-7-12-9-18-14-6-4-3-5-13(12)14/h3-6,9,17H,7-8,11H2,1-2H3. The first-order valence-electron chi connectivity index (χ1n) is 6.19. The van der Waals surface area contributed by atoms with Gasteiger partial charge in [-0.15, -0.1) is 11.3 Å². The number of hydrogen-bond acceptors (Lipinski definition) is 3. The SMILES string of the molecule is CC(C)(C#N)CNCCc1csc2ccccc12. The van der Waals surface area contributed by atoms with Crippen LogP contribution >= 0.6 is 11.3 Å². The average molecular weight is 258 g/mol. The molecule has 18 heavy (non-hydrogen) atoms. The van der Waals surface area contributed by atoms with E-state index < -0.39 is 0 Å². The molecule has 0 fully saturated rings. The van der Waals surface area contributed by atoms with Gasteiger partial charge >= 0.3 is 0 Å². The second-order valence-electron chi connectivity index (χ2n) is 5.18. The largest absolute Gasteiger partial charge is 0.315 e. The molecule has 0 saturated heterocycles. The van der Waals surface area contributed by atoms with Crippen LogP contribution in [-0.4, -0.2) is 13.1 Å². The molecular formula is C15H18N2S. The Hall–Kier alpha value is -1.37. The zero-order chi connectivity index (χ0) is 13.0. The second kappa shape index (κ2) is 5.51. The van der Waals surface area contributed by atoms with Crippen LogP contribution in [0.25, 0.3) is 10.1 Å². The van der Waals surface area contributed by atoms with Crippen LogP contribution in [0.1, 0.15) is 19.4 Å². The third-order valence-corrected chi connectivity index (χ3v) is 4.01. The summed E-state index contributed by atoms with van der Waals surface area (Å²) in [6, 6.07) is 10.8. The molecule has 2 rings (SSSR count). The number of nitriles is 1. The van der Waals surface area contributed by atoms with Crippen LogP contribution in [0, 0.1) is 16.7 Å². The fourth-order valence-electron chi connectivity index (χ4n) is 1.89. The summed E-state index contributed by atoms with van der Waals surface area (Å²) in [6.07, 6.45) is 1.02. The predicted molar refractivity (Wildman–Crippen MR) is 77.8 cm³/mol. The first-order valence-corrected chi connectivity index (χ1v) is 7.07. The van der Waals surface area contributed by atoms with Crippen molar-refractivity contribution < 1.29 is 0 Å². The minimum atomic E-state index is -0.281. The number of rotatable bonds is 5. The highest BCUT2D eigenvalue weighted by molar-refractivity contribution is 7.17. The third kappa shape index (κ3) is 3.10. The monoisotopic (exact) mass is 258 g/mol. The van der Waals surface area contributed by atoms with E-state index in [9.17, 15) is 0 Å². The van der Waals surface area contributed by atoms with Crippen LogP contribution in [0.15, 0.2) is 29.6 Å². The summed E-state index contributed by atoms with van der Waals surface area (Å²) in [5, 5.41) is 15.9. The van der Waals surface area contributed by atoms with E-state index >= 15 is 0 Å². The van der Waals surface area contributed by atoms with E-state index in [0.29, 0.717) is 0 Å². The van der Waals surface area contributed by atoms with E-state index in [1.165, 1.54) is 15.6 Å². The smallest absolute Gasteiger partial charge is 0.0697 e. The molecule has 0 spiro atoms. The normalized spacial score (nSPS) is 11.6. The van der Waals surface area contributed by atoms with Crippen molar-refractivity contribution in [1.29, 1.82) is 5.26 Å². The Balaban J connectivity index is 1.90. The molecule has 0 amide bonds. The van der Waals surface area contributed by atoms with Gasteiger partial charge in [-0.25, -0.2) is 0 Å². The van der Waals surface area contributed by atoms with Gasteiger partial charge in [0.2, 0.25) is 0 Å². The maximum Gasteiger partial charge on any atom is 0.0697 e. The quantitative estimate of drug-likeness (QED) is 0.832. The lowest BCUT2D eigenvalue weighted by Gasteiger charge is -2.15. The second-order valence-corrected chi connectivity index (χ2v) is 6.09. The average Bonchev–Trinajstić information content (AvgIpc) is 2.78. The molecule has 0 radical (unpaired) electrons. The molecule has 0 saturated carbocycles. The Bertz CT molecular complexity index is 563. The summed E-state index contributed by atoms with van der Waals surface area (Å²) in [7, 11) is 0. The molecule has 0 aliphatic rings. The number of thiophene rings is 1. The Morgan fingerprint density at radius 2 is 2.11 bits per heavy atom. The van der Waals surface area contributed by atoms with Crippen molar-refractivity contribution in [3.8, 4) is 6.07 Å². The number of hydrogen-bond donors (Lipinski definition) is 1. The Labute approximate surface area is 112 Å². The summed E-state index contributed by atoms with van der Waals surface area (Å²) in [5.41, 5.74) is 1.12. The van der Waals surface area contributed by atoms with Crippen LogP contribution in [0.2, 0.25) is 0 Å². The molecule has 0 atom stereocenters. The third-order valence-electron chi connectivity index (χ3n) is 3.00. The fraction of sp³-hybridized carbons (Fsp3) is 0.400. The molecule has 2 nitrogen and oxygen atoms in total. The van der Waals surface area contributed by atoms with Crippen molar-refractivity contribution in [2.75, 3.05) is 13.1 Å². The molecule has 1 aromatic heterocycles. The molecule has 0 aliphatic carbocycles. The lowest BCUT2D eigenvalue weighted by molar-refractivity contribution is 0.448. The van der Waals surface area contributed by atoms with Gasteiger partial charge in [-0.05, 0) is 49.2 Å². The topological polar surface area (TPSA) is 35.8 Å². The van der Waals surface area contributed by atoms with Crippen molar-refractivity contribution in [3.05, 3.63) is 35.2 Å². The van der Waals surface area contributed by atoms with Crippen molar-refractivity contribution in [2.45, 2.75) is 20.3 Å². The van der Waals surface area contributed by atoms with E-state index in [4.69, 9.17) is 5.26 Å². The first-order chi connectivity index (χ1) is 8.62. The van der Waals surface area contributed by atoms with Gasteiger partial charge in [0.05, 0.1) is 11.5 Å². The van der Waals surface area contributed by atoms with Crippen LogP contribution < -0.4 is 5.32 Å². The summed E-state index contributed by atoms with van der Waals surface area (Å²) in [5.74, 6) is 0. The molecule has 1 heterocycles. The van der Waals surface area contributed by atoms with Crippen LogP contribution in [-0.2, 0) is 6.42 Å².